The van der Waals surface area contributed by atoms with E-state index in [2.05, 4.69) is 20.9 Å². The Hall–Kier alpha value is -4.44. The molecule has 0 bridgehead atoms. The van der Waals surface area contributed by atoms with Crippen LogP contribution in [0.1, 0.15) is 61.3 Å². The van der Waals surface area contributed by atoms with Crippen LogP contribution in [0.2, 0.25) is 0 Å². The summed E-state index contributed by atoms with van der Waals surface area (Å²) < 4.78 is 50.8. The second kappa shape index (κ2) is 15.2. The molecule has 0 spiro atoms. The van der Waals surface area contributed by atoms with Crippen molar-refractivity contribution >= 4 is 41.4 Å². The molecule has 1 atom stereocenters. The van der Waals surface area contributed by atoms with Crippen molar-refractivity contribution in [3.05, 3.63) is 28.7 Å². The predicted molar refractivity (Wildman–Crippen MR) is 148 cm³/mol. The number of alkyl carbamates (subject to hydrolysis) is 2. The van der Waals surface area contributed by atoms with Crippen molar-refractivity contribution in [2.75, 3.05) is 11.9 Å². The van der Waals surface area contributed by atoms with Crippen molar-refractivity contribution in [2.45, 2.75) is 91.3 Å². The number of nitrogens with one attached hydrogen (secondary N) is 4. The van der Waals surface area contributed by atoms with E-state index in [-0.39, 0.29) is 18.7 Å². The summed E-state index contributed by atoms with van der Waals surface area (Å²) in [6.45, 7) is 9.65. The minimum absolute atomic E-state index is 0.153. The molecule has 240 valence electrons. The van der Waals surface area contributed by atoms with Crippen LogP contribution in [0.3, 0.4) is 0 Å². The molecule has 0 saturated carbocycles. The van der Waals surface area contributed by atoms with E-state index < -0.39 is 77.7 Å². The number of pyridine rings is 1. The Morgan fingerprint density at radius 2 is 1.49 bits per heavy atom. The number of anilines is 1. The highest BCUT2D eigenvalue weighted by atomic mass is 19.4. The fraction of sp³-hybridized carbons (Fsp3) is 0.577. The maximum atomic E-state index is 13.3. The number of ketones is 1. The molecular weight excluding hydrogens is 581 g/mol. The minimum atomic E-state index is -5.29. The molecule has 1 aromatic rings. The number of rotatable bonds is 9. The molecule has 0 aromatic carbocycles. The maximum Gasteiger partial charge on any atom is 0.452 e. The smallest absolute Gasteiger partial charge is 0.444 e. The molecule has 14 nitrogen and oxygen atoms in total. The molecule has 0 aliphatic rings. The average Bonchev–Trinajstić information content (AvgIpc) is 2.79. The Morgan fingerprint density at radius 3 is 1.95 bits per heavy atom. The van der Waals surface area contributed by atoms with Crippen LogP contribution in [0, 0.1) is 0 Å². The van der Waals surface area contributed by atoms with E-state index in [4.69, 9.17) is 9.47 Å². The third-order valence-corrected chi connectivity index (χ3v) is 4.74. The number of Topliss-reactive ketones (excluding diaryl/α,β-unsaturated/α-hetero) is 1. The lowest BCUT2D eigenvalue weighted by molar-refractivity contribution is -0.174. The summed E-state index contributed by atoms with van der Waals surface area (Å²) in [5.41, 5.74) is -2.75. The number of amides is 4. The van der Waals surface area contributed by atoms with E-state index in [1.165, 1.54) is 18.3 Å². The zero-order valence-corrected chi connectivity index (χ0v) is 24.9. The number of aliphatic imine (C=N–C) groups is 1. The molecule has 4 amide bonds. The Bertz CT molecular complexity index is 1250. The zero-order valence-electron chi connectivity index (χ0n) is 24.9. The molecule has 0 saturated heterocycles. The van der Waals surface area contributed by atoms with Crippen LogP contribution in [-0.4, -0.2) is 70.3 Å². The molecule has 0 aliphatic carbocycles. The summed E-state index contributed by atoms with van der Waals surface area (Å²) in [5.74, 6) is -4.29. The Kier molecular flexibility index (Phi) is 12.9. The highest BCUT2D eigenvalue weighted by molar-refractivity contribution is 6.01. The standard InChI is InChI=1S/C26H37F3N6O8/c1-15(36)31-17-11-9-13-35(20(17)39)14-18(37)32-16(19(38)26(27,28)29)10-8-12-30-21(33-22(40)42-24(2,3)4)34-23(41)43-25(5,6)7/h9,11,13,16H,8,10,12,14H2,1-7H3,(H,31,36)(H,32,37)(H2,30,33,34,40,41). The van der Waals surface area contributed by atoms with Gasteiger partial charge in [0, 0.05) is 19.7 Å². The number of ether oxygens (including phenoxy) is 2. The van der Waals surface area contributed by atoms with Crippen molar-refractivity contribution in [2.24, 2.45) is 4.99 Å². The van der Waals surface area contributed by atoms with E-state index in [1.54, 1.807) is 41.5 Å². The number of halogens is 3. The van der Waals surface area contributed by atoms with Crippen LogP contribution in [0.15, 0.2) is 28.1 Å². The summed E-state index contributed by atoms with van der Waals surface area (Å²) in [5, 5.41) is 8.66. The average molecular weight is 619 g/mol. The minimum Gasteiger partial charge on any atom is -0.444 e. The Morgan fingerprint density at radius 1 is 0.953 bits per heavy atom. The van der Waals surface area contributed by atoms with Gasteiger partial charge in [-0.2, -0.15) is 13.2 Å². The van der Waals surface area contributed by atoms with E-state index >= 15 is 0 Å². The van der Waals surface area contributed by atoms with Gasteiger partial charge in [-0.25, -0.2) is 9.59 Å². The first-order chi connectivity index (χ1) is 19.6. The number of hydrogen-bond donors (Lipinski definition) is 4. The number of guanidine groups is 1. The lowest BCUT2D eigenvalue weighted by Crippen LogP contribution is -2.48. The molecule has 0 radical (unpaired) electrons. The lowest BCUT2D eigenvalue weighted by atomic mass is 10.1. The highest BCUT2D eigenvalue weighted by Crippen LogP contribution is 2.20. The molecule has 1 rings (SSSR count). The van der Waals surface area contributed by atoms with Gasteiger partial charge < -0.3 is 24.7 Å². The molecule has 0 aliphatic heterocycles. The van der Waals surface area contributed by atoms with Crippen molar-refractivity contribution in [3.63, 3.8) is 0 Å². The predicted octanol–water partition coefficient (Wildman–Crippen LogP) is 2.61. The quantitative estimate of drug-likeness (QED) is 0.185. The van der Waals surface area contributed by atoms with Crippen molar-refractivity contribution in [1.82, 2.24) is 20.5 Å². The molecule has 1 unspecified atom stereocenters. The van der Waals surface area contributed by atoms with Gasteiger partial charge in [-0.05, 0) is 66.5 Å². The largest absolute Gasteiger partial charge is 0.452 e. The highest BCUT2D eigenvalue weighted by Gasteiger charge is 2.43. The molecule has 4 N–H and O–H groups in total. The van der Waals surface area contributed by atoms with Crippen LogP contribution in [-0.2, 0) is 30.4 Å². The lowest BCUT2D eigenvalue weighted by Gasteiger charge is -2.22. The second-order valence-corrected chi connectivity index (χ2v) is 11.1. The van der Waals surface area contributed by atoms with Crippen molar-refractivity contribution in [3.8, 4) is 0 Å². The number of hydrogen-bond acceptors (Lipinski definition) is 9. The first kappa shape index (κ1) is 36.6. The van der Waals surface area contributed by atoms with Crippen molar-refractivity contribution < 1.29 is 46.6 Å². The fourth-order valence-corrected chi connectivity index (χ4v) is 3.20. The van der Waals surface area contributed by atoms with Crippen LogP contribution in [0.25, 0.3) is 0 Å². The number of carbonyl (C=O) groups excluding carboxylic acids is 5. The number of carbonyl (C=O) groups is 5. The fourth-order valence-electron chi connectivity index (χ4n) is 3.20. The van der Waals surface area contributed by atoms with Gasteiger partial charge in [0.1, 0.15) is 23.4 Å². The maximum absolute atomic E-state index is 13.3. The monoisotopic (exact) mass is 618 g/mol. The number of nitrogens with zero attached hydrogens (tertiary/aromatic N) is 2. The Balaban J connectivity index is 3.03. The zero-order chi connectivity index (χ0) is 33.2. The normalized spacial score (nSPS) is 12.3. The van der Waals surface area contributed by atoms with Crippen molar-refractivity contribution in [1.29, 1.82) is 0 Å². The summed E-state index contributed by atoms with van der Waals surface area (Å²) >= 11 is 0. The number of alkyl halides is 3. The Labute approximate surface area is 245 Å². The SMILES string of the molecule is CC(=O)Nc1cccn(CC(=O)NC(CCCN=C(NC(=O)OC(C)(C)C)NC(=O)OC(C)(C)C)C(=O)C(F)(F)F)c1=O. The van der Waals surface area contributed by atoms with Gasteiger partial charge >= 0.3 is 18.4 Å². The number of aromatic nitrogens is 1. The van der Waals surface area contributed by atoms with Crippen LogP contribution >= 0.6 is 0 Å². The van der Waals surface area contributed by atoms with Crippen LogP contribution < -0.4 is 26.8 Å². The van der Waals surface area contributed by atoms with Gasteiger partial charge in [0.05, 0.1) is 6.04 Å². The van der Waals surface area contributed by atoms with Gasteiger partial charge in [0.15, 0.2) is 0 Å². The molecule has 17 heteroatoms. The summed E-state index contributed by atoms with van der Waals surface area (Å²) in [6.07, 6.45) is -6.85. The van der Waals surface area contributed by atoms with Gasteiger partial charge in [-0.15, -0.1) is 0 Å². The molecule has 43 heavy (non-hydrogen) atoms. The first-order valence-corrected chi connectivity index (χ1v) is 13.0. The summed E-state index contributed by atoms with van der Waals surface area (Å²) in [4.78, 5) is 76.6. The van der Waals surface area contributed by atoms with E-state index in [9.17, 15) is 41.9 Å². The van der Waals surface area contributed by atoms with E-state index in [0.29, 0.717) is 0 Å². The third-order valence-electron chi connectivity index (χ3n) is 4.74. The topological polar surface area (TPSA) is 186 Å². The van der Waals surface area contributed by atoms with Gasteiger partial charge in [0.25, 0.3) is 11.3 Å². The van der Waals surface area contributed by atoms with E-state index in [0.717, 1.165) is 11.5 Å². The first-order valence-electron chi connectivity index (χ1n) is 13.0. The molecule has 0 fully saturated rings. The second-order valence-electron chi connectivity index (χ2n) is 11.1. The molecule has 1 aromatic heterocycles. The van der Waals surface area contributed by atoms with Gasteiger partial charge in [-0.1, -0.05) is 0 Å². The van der Waals surface area contributed by atoms with Gasteiger partial charge in [0.2, 0.25) is 17.8 Å². The molecule has 1 heterocycles. The third kappa shape index (κ3) is 14.8. The van der Waals surface area contributed by atoms with Gasteiger partial charge in [-0.3, -0.25) is 34.8 Å². The van der Waals surface area contributed by atoms with E-state index in [1.807, 2.05) is 5.32 Å². The molecular formula is C26H37F3N6O8. The van der Waals surface area contributed by atoms with Crippen LogP contribution in [0.4, 0.5) is 28.4 Å². The van der Waals surface area contributed by atoms with Crippen LogP contribution in [0.5, 0.6) is 0 Å². The summed E-state index contributed by atoms with van der Waals surface area (Å²) in [6, 6.07) is 0.584. The summed E-state index contributed by atoms with van der Waals surface area (Å²) in [7, 11) is 0.